The number of rotatable bonds is 0. The van der Waals surface area contributed by atoms with Gasteiger partial charge in [-0.2, -0.15) is 0 Å². The second-order valence-corrected chi connectivity index (χ2v) is 1.26. The van der Waals surface area contributed by atoms with E-state index < -0.39 is 0 Å². The number of aromatic nitrogens is 1. The van der Waals surface area contributed by atoms with Crippen molar-refractivity contribution in [2.24, 2.45) is 0 Å². The number of hydrogen-bond acceptors (Lipinski definition) is 3. The topological polar surface area (TPSA) is 52.0 Å². The highest BCUT2D eigenvalue weighted by atomic mass is 16.5. The van der Waals surface area contributed by atoms with Gasteiger partial charge < -0.3 is 10.3 Å². The molecule has 0 unspecified atom stereocenters. The van der Waals surface area contributed by atoms with E-state index in [-0.39, 0.29) is 5.88 Å². The summed E-state index contributed by atoms with van der Waals surface area (Å²) in [5.74, 6) is 0.248. The Morgan fingerprint density at radius 3 is 2.71 bits per heavy atom. The first-order chi connectivity index (χ1) is 3.29. The van der Waals surface area contributed by atoms with E-state index >= 15 is 0 Å². The summed E-state index contributed by atoms with van der Waals surface area (Å²) in [6, 6.07) is 2.64. The number of anilines is 1. The van der Waals surface area contributed by atoms with Gasteiger partial charge in [-0.05, 0) is 6.92 Å². The predicted octanol–water partition coefficient (Wildman–Crippen LogP) is 0.365. The van der Waals surface area contributed by atoms with Crippen LogP contribution in [0.1, 0.15) is 5.69 Å². The normalized spacial score (nSPS) is 9.29. The van der Waals surface area contributed by atoms with Gasteiger partial charge in [-0.1, -0.05) is 5.16 Å². The molecule has 0 aliphatic rings. The smallest absolute Gasteiger partial charge is 0.230 e. The Bertz CT molecular complexity index is 142. The van der Waals surface area contributed by atoms with Gasteiger partial charge in [0.2, 0.25) is 5.88 Å². The Hall–Kier alpha value is -0.990. The zero-order chi connectivity index (χ0) is 5.28. The van der Waals surface area contributed by atoms with Crippen LogP contribution in [-0.4, -0.2) is 5.16 Å². The van der Waals surface area contributed by atoms with Crippen molar-refractivity contribution in [1.82, 2.24) is 5.16 Å². The molecule has 0 spiro atoms. The highest BCUT2D eigenvalue weighted by Gasteiger charge is 1.90. The molecule has 0 amide bonds. The summed E-state index contributed by atoms with van der Waals surface area (Å²) in [7, 11) is 0. The zero-order valence-corrected chi connectivity index (χ0v) is 3.93. The predicted molar refractivity (Wildman–Crippen MR) is 24.5 cm³/mol. The Kier molecular flexibility index (Phi) is 0.749. The quantitative estimate of drug-likeness (QED) is 0.508. The molecule has 0 bridgehead atoms. The highest BCUT2D eigenvalue weighted by Crippen LogP contribution is 1.99. The molecular weight excluding hydrogens is 92.1 g/mol. The SMILES string of the molecule is Cc1[c]c(N)on1. The van der Waals surface area contributed by atoms with Crippen molar-refractivity contribution in [2.75, 3.05) is 5.73 Å². The maximum absolute atomic E-state index is 5.09. The average Bonchev–Trinajstić information content (AvgIpc) is 1.87. The first kappa shape index (κ1) is 4.18. The molecule has 1 rings (SSSR count). The zero-order valence-electron chi connectivity index (χ0n) is 3.93. The van der Waals surface area contributed by atoms with Crippen LogP contribution >= 0.6 is 0 Å². The van der Waals surface area contributed by atoms with Gasteiger partial charge in [0.25, 0.3) is 0 Å². The van der Waals surface area contributed by atoms with Crippen molar-refractivity contribution in [2.45, 2.75) is 6.92 Å². The summed E-state index contributed by atoms with van der Waals surface area (Å²) in [4.78, 5) is 0. The third-order valence-corrected chi connectivity index (χ3v) is 0.585. The van der Waals surface area contributed by atoms with E-state index in [2.05, 4.69) is 15.7 Å². The molecule has 0 aliphatic carbocycles. The lowest BCUT2D eigenvalue weighted by Gasteiger charge is -1.66. The lowest BCUT2D eigenvalue weighted by Crippen LogP contribution is -1.76. The summed E-state index contributed by atoms with van der Waals surface area (Å²) < 4.78 is 4.44. The van der Waals surface area contributed by atoms with E-state index in [0.717, 1.165) is 0 Å². The van der Waals surface area contributed by atoms with E-state index in [1.54, 1.807) is 6.92 Å². The molecule has 37 valence electrons. The van der Waals surface area contributed by atoms with E-state index in [9.17, 15) is 0 Å². The van der Waals surface area contributed by atoms with Crippen LogP contribution in [0.25, 0.3) is 0 Å². The maximum atomic E-state index is 5.09. The first-order valence-corrected chi connectivity index (χ1v) is 1.90. The molecule has 2 N–H and O–H groups in total. The number of nitrogens with zero attached hydrogens (tertiary/aromatic N) is 1. The largest absolute Gasteiger partial charge is 0.367 e. The van der Waals surface area contributed by atoms with Crippen molar-refractivity contribution in [1.29, 1.82) is 0 Å². The fourth-order valence-electron chi connectivity index (χ4n) is 0.342. The van der Waals surface area contributed by atoms with Crippen LogP contribution in [0.4, 0.5) is 5.88 Å². The minimum atomic E-state index is 0.248. The van der Waals surface area contributed by atoms with E-state index in [0.29, 0.717) is 5.69 Å². The molecule has 1 aromatic heterocycles. The monoisotopic (exact) mass is 97.0 g/mol. The molecule has 0 saturated carbocycles. The minimum Gasteiger partial charge on any atom is -0.367 e. The highest BCUT2D eigenvalue weighted by molar-refractivity contribution is 5.20. The molecule has 0 atom stereocenters. The van der Waals surface area contributed by atoms with Crippen LogP contribution in [0, 0.1) is 13.0 Å². The lowest BCUT2D eigenvalue weighted by atomic mass is 10.5. The van der Waals surface area contributed by atoms with Gasteiger partial charge in [-0.15, -0.1) is 0 Å². The van der Waals surface area contributed by atoms with Crippen LogP contribution in [0.15, 0.2) is 4.52 Å². The van der Waals surface area contributed by atoms with Gasteiger partial charge in [0.05, 0.1) is 11.8 Å². The summed E-state index contributed by atoms with van der Waals surface area (Å²) in [6.45, 7) is 1.76. The molecule has 0 aliphatic heterocycles. The molecule has 1 heterocycles. The first-order valence-electron chi connectivity index (χ1n) is 1.90. The third kappa shape index (κ3) is 0.707. The number of aryl methyl sites for hydroxylation is 1. The fraction of sp³-hybridized carbons (Fsp3) is 0.250. The van der Waals surface area contributed by atoms with Crippen molar-refractivity contribution < 1.29 is 4.52 Å². The summed E-state index contributed by atoms with van der Waals surface area (Å²) in [6.07, 6.45) is 0. The van der Waals surface area contributed by atoms with Crippen molar-refractivity contribution in [3.63, 3.8) is 0 Å². The second kappa shape index (κ2) is 1.26. The molecule has 0 fully saturated rings. The third-order valence-electron chi connectivity index (χ3n) is 0.585. The molecule has 1 aromatic rings. The lowest BCUT2D eigenvalue weighted by molar-refractivity contribution is 0.431. The Morgan fingerprint density at radius 2 is 2.57 bits per heavy atom. The molecule has 3 heteroatoms. The van der Waals surface area contributed by atoms with Crippen LogP contribution in [0.5, 0.6) is 0 Å². The molecule has 7 heavy (non-hydrogen) atoms. The van der Waals surface area contributed by atoms with E-state index in [1.165, 1.54) is 0 Å². The Morgan fingerprint density at radius 1 is 1.86 bits per heavy atom. The Labute approximate surface area is 41.1 Å². The molecule has 1 radical (unpaired) electrons. The van der Waals surface area contributed by atoms with Gasteiger partial charge >= 0.3 is 0 Å². The van der Waals surface area contributed by atoms with Crippen molar-refractivity contribution in [3.8, 4) is 0 Å². The van der Waals surface area contributed by atoms with Gasteiger partial charge in [-0.3, -0.25) is 0 Å². The fourth-order valence-corrected chi connectivity index (χ4v) is 0.342. The van der Waals surface area contributed by atoms with Gasteiger partial charge in [0, 0.05) is 0 Å². The van der Waals surface area contributed by atoms with E-state index in [4.69, 9.17) is 5.73 Å². The number of nitrogen functional groups attached to an aromatic ring is 1. The van der Waals surface area contributed by atoms with Crippen LogP contribution in [-0.2, 0) is 0 Å². The molecule has 3 nitrogen and oxygen atoms in total. The second-order valence-electron chi connectivity index (χ2n) is 1.26. The molecular formula is C4H5N2O. The van der Waals surface area contributed by atoms with Crippen LogP contribution in [0.3, 0.4) is 0 Å². The minimum absolute atomic E-state index is 0.248. The average molecular weight is 97.1 g/mol. The van der Waals surface area contributed by atoms with Gasteiger partial charge in [0.15, 0.2) is 0 Å². The van der Waals surface area contributed by atoms with Crippen LogP contribution < -0.4 is 5.73 Å². The van der Waals surface area contributed by atoms with Crippen molar-refractivity contribution in [3.05, 3.63) is 11.8 Å². The maximum Gasteiger partial charge on any atom is 0.230 e. The molecule has 0 aromatic carbocycles. The summed E-state index contributed by atoms with van der Waals surface area (Å²) in [5, 5.41) is 3.46. The Balaban J connectivity index is 3.04. The standard InChI is InChI=1S/C4H5N2O/c1-3-2-4(5)7-6-3/h5H2,1H3. The van der Waals surface area contributed by atoms with Crippen LogP contribution in [0.2, 0.25) is 0 Å². The van der Waals surface area contributed by atoms with Gasteiger partial charge in [-0.25, -0.2) is 0 Å². The van der Waals surface area contributed by atoms with Crippen molar-refractivity contribution >= 4 is 5.88 Å². The number of nitrogens with two attached hydrogens (primary N) is 1. The van der Waals surface area contributed by atoms with Gasteiger partial charge in [0.1, 0.15) is 0 Å². The summed E-state index contributed by atoms with van der Waals surface area (Å²) in [5.41, 5.74) is 5.79. The molecule has 0 saturated heterocycles. The van der Waals surface area contributed by atoms with E-state index in [1.807, 2.05) is 0 Å². The summed E-state index contributed by atoms with van der Waals surface area (Å²) >= 11 is 0. The number of hydrogen-bond donors (Lipinski definition) is 1.